The van der Waals surface area contributed by atoms with Gasteiger partial charge in [-0.05, 0) is 49.2 Å². The van der Waals surface area contributed by atoms with Crippen LogP contribution in [0.15, 0.2) is 42.5 Å². The number of aromatic nitrogens is 1. The summed E-state index contributed by atoms with van der Waals surface area (Å²) in [5, 5.41) is 3.45. The van der Waals surface area contributed by atoms with E-state index in [9.17, 15) is 9.59 Å². The smallest absolute Gasteiger partial charge is 0.257 e. The number of amides is 2. The molecule has 1 aromatic heterocycles. The summed E-state index contributed by atoms with van der Waals surface area (Å²) in [5.74, 6) is -0.0574. The molecule has 1 N–H and O–H groups in total. The van der Waals surface area contributed by atoms with E-state index < -0.39 is 0 Å². The van der Waals surface area contributed by atoms with Crippen molar-refractivity contribution in [3.63, 3.8) is 0 Å². The first-order valence-corrected chi connectivity index (χ1v) is 9.01. The van der Waals surface area contributed by atoms with Crippen molar-refractivity contribution in [2.45, 2.75) is 19.8 Å². The zero-order chi connectivity index (χ0) is 17.4. The highest BCUT2D eigenvalue weighted by Crippen LogP contribution is 2.28. The molecule has 1 aliphatic heterocycles. The first-order chi connectivity index (χ1) is 12.1. The highest BCUT2D eigenvalue weighted by atomic mass is 32.1. The fourth-order valence-electron chi connectivity index (χ4n) is 3.02. The van der Waals surface area contributed by atoms with E-state index in [0.717, 1.165) is 34.4 Å². The Morgan fingerprint density at radius 3 is 2.68 bits per heavy atom. The van der Waals surface area contributed by atoms with Gasteiger partial charge < -0.3 is 4.90 Å². The number of rotatable bonds is 3. The number of thiazole rings is 1. The Balaban J connectivity index is 1.52. The Morgan fingerprint density at radius 1 is 1.20 bits per heavy atom. The van der Waals surface area contributed by atoms with Gasteiger partial charge in [-0.1, -0.05) is 23.5 Å². The van der Waals surface area contributed by atoms with Crippen molar-refractivity contribution in [2.24, 2.45) is 0 Å². The highest BCUT2D eigenvalue weighted by molar-refractivity contribution is 7.22. The minimum Gasteiger partial charge on any atom is -0.312 e. The third-order valence-electron chi connectivity index (χ3n) is 4.36. The lowest BCUT2D eigenvalue weighted by Gasteiger charge is -2.15. The molecule has 1 saturated heterocycles. The first kappa shape index (κ1) is 15.8. The van der Waals surface area contributed by atoms with Gasteiger partial charge in [0, 0.05) is 24.2 Å². The molecule has 6 heteroatoms. The SMILES string of the molecule is Cc1cccc2sc(NC(=O)c3ccc(N4CCCC4=O)cc3)nc12. The van der Waals surface area contributed by atoms with Crippen LogP contribution in [0.2, 0.25) is 0 Å². The monoisotopic (exact) mass is 351 g/mol. The number of para-hydroxylation sites is 1. The molecule has 4 rings (SSSR count). The van der Waals surface area contributed by atoms with Gasteiger partial charge >= 0.3 is 0 Å². The van der Waals surface area contributed by atoms with Crippen LogP contribution in [0.4, 0.5) is 10.8 Å². The molecule has 2 aromatic carbocycles. The van der Waals surface area contributed by atoms with Gasteiger partial charge in [-0.2, -0.15) is 0 Å². The quantitative estimate of drug-likeness (QED) is 0.776. The average Bonchev–Trinajstić information content (AvgIpc) is 3.21. The summed E-state index contributed by atoms with van der Waals surface area (Å²) in [6.45, 7) is 2.75. The molecule has 0 bridgehead atoms. The molecule has 2 heterocycles. The van der Waals surface area contributed by atoms with Crippen molar-refractivity contribution < 1.29 is 9.59 Å². The number of fused-ring (bicyclic) bond motifs is 1. The van der Waals surface area contributed by atoms with Crippen LogP contribution < -0.4 is 10.2 Å². The number of nitrogens with zero attached hydrogens (tertiary/aromatic N) is 2. The van der Waals surface area contributed by atoms with Crippen LogP contribution in [0.3, 0.4) is 0 Å². The van der Waals surface area contributed by atoms with Gasteiger partial charge in [-0.15, -0.1) is 0 Å². The zero-order valence-corrected chi connectivity index (χ0v) is 14.6. The number of nitrogens with one attached hydrogen (secondary N) is 1. The number of hydrogen-bond donors (Lipinski definition) is 1. The summed E-state index contributed by atoms with van der Waals surface area (Å²) < 4.78 is 1.05. The predicted molar refractivity (Wildman–Crippen MR) is 100 cm³/mol. The lowest BCUT2D eigenvalue weighted by molar-refractivity contribution is -0.117. The largest absolute Gasteiger partial charge is 0.312 e. The van der Waals surface area contributed by atoms with Crippen LogP contribution in [0.25, 0.3) is 10.2 Å². The van der Waals surface area contributed by atoms with Crippen molar-refractivity contribution in [1.29, 1.82) is 0 Å². The van der Waals surface area contributed by atoms with E-state index in [1.165, 1.54) is 11.3 Å². The molecule has 0 spiro atoms. The van der Waals surface area contributed by atoms with E-state index in [4.69, 9.17) is 0 Å². The number of carbonyl (C=O) groups excluding carboxylic acids is 2. The van der Waals surface area contributed by atoms with Crippen LogP contribution in [0.5, 0.6) is 0 Å². The Hall–Kier alpha value is -2.73. The summed E-state index contributed by atoms with van der Waals surface area (Å²) in [6, 6.07) is 13.1. The van der Waals surface area contributed by atoms with Crippen molar-refractivity contribution in [3.05, 3.63) is 53.6 Å². The van der Waals surface area contributed by atoms with Crippen LogP contribution in [0.1, 0.15) is 28.8 Å². The van der Waals surface area contributed by atoms with Crippen LogP contribution >= 0.6 is 11.3 Å². The molecule has 2 amide bonds. The first-order valence-electron chi connectivity index (χ1n) is 8.20. The fraction of sp³-hybridized carbons (Fsp3) is 0.211. The van der Waals surface area contributed by atoms with Crippen molar-refractivity contribution >= 4 is 44.2 Å². The van der Waals surface area contributed by atoms with Crippen molar-refractivity contribution in [2.75, 3.05) is 16.8 Å². The normalized spacial score (nSPS) is 14.3. The van der Waals surface area contributed by atoms with Crippen LogP contribution in [0, 0.1) is 6.92 Å². The van der Waals surface area contributed by atoms with Gasteiger partial charge in [0.1, 0.15) is 0 Å². The van der Waals surface area contributed by atoms with E-state index >= 15 is 0 Å². The molecule has 0 unspecified atom stereocenters. The van der Waals surface area contributed by atoms with Crippen molar-refractivity contribution in [1.82, 2.24) is 4.98 Å². The maximum absolute atomic E-state index is 12.4. The predicted octanol–water partition coefficient (Wildman–Crippen LogP) is 3.98. The zero-order valence-electron chi connectivity index (χ0n) is 13.8. The van der Waals surface area contributed by atoms with Gasteiger partial charge in [-0.3, -0.25) is 14.9 Å². The number of carbonyl (C=O) groups is 2. The fourth-order valence-corrected chi connectivity index (χ4v) is 3.96. The lowest BCUT2D eigenvalue weighted by atomic mass is 10.2. The lowest BCUT2D eigenvalue weighted by Crippen LogP contribution is -2.23. The molecular weight excluding hydrogens is 334 g/mol. The Kier molecular flexibility index (Phi) is 3.97. The van der Waals surface area contributed by atoms with Gasteiger partial charge in [0.2, 0.25) is 5.91 Å². The summed E-state index contributed by atoms with van der Waals surface area (Å²) in [4.78, 5) is 30.5. The summed E-state index contributed by atoms with van der Waals surface area (Å²) in [6.07, 6.45) is 1.48. The summed E-state index contributed by atoms with van der Waals surface area (Å²) >= 11 is 1.46. The van der Waals surface area contributed by atoms with Crippen LogP contribution in [-0.2, 0) is 4.79 Å². The molecule has 0 saturated carbocycles. The molecular formula is C19H17N3O2S. The third-order valence-corrected chi connectivity index (χ3v) is 5.29. The minimum absolute atomic E-state index is 0.141. The summed E-state index contributed by atoms with van der Waals surface area (Å²) in [7, 11) is 0. The van der Waals surface area contributed by atoms with Crippen molar-refractivity contribution in [3.8, 4) is 0 Å². The molecule has 0 aliphatic carbocycles. The van der Waals surface area contributed by atoms with E-state index in [2.05, 4.69) is 10.3 Å². The molecule has 3 aromatic rings. The molecule has 1 fully saturated rings. The third kappa shape index (κ3) is 3.00. The van der Waals surface area contributed by atoms with Gasteiger partial charge in [0.25, 0.3) is 5.91 Å². The number of anilines is 2. The number of hydrogen-bond acceptors (Lipinski definition) is 4. The highest BCUT2D eigenvalue weighted by Gasteiger charge is 2.21. The number of aryl methyl sites for hydroxylation is 1. The number of benzene rings is 2. The average molecular weight is 351 g/mol. The minimum atomic E-state index is -0.198. The second-order valence-corrected chi connectivity index (χ2v) is 7.12. The van der Waals surface area contributed by atoms with E-state index in [1.807, 2.05) is 37.3 Å². The van der Waals surface area contributed by atoms with E-state index in [1.54, 1.807) is 17.0 Å². The molecule has 1 aliphatic rings. The molecule has 0 radical (unpaired) electrons. The maximum Gasteiger partial charge on any atom is 0.257 e. The Labute approximate surface area is 149 Å². The Morgan fingerprint density at radius 2 is 2.00 bits per heavy atom. The van der Waals surface area contributed by atoms with Gasteiger partial charge in [-0.25, -0.2) is 4.98 Å². The molecule has 126 valence electrons. The standard InChI is InChI=1S/C19H17N3O2S/c1-12-4-2-5-15-17(12)20-19(25-15)21-18(24)13-7-9-14(10-8-13)22-11-3-6-16(22)23/h2,4-5,7-10H,3,6,11H2,1H3,(H,20,21,24). The molecule has 0 atom stereocenters. The van der Waals surface area contributed by atoms with Crippen LogP contribution in [-0.4, -0.2) is 23.3 Å². The Bertz CT molecular complexity index is 962. The molecule has 5 nitrogen and oxygen atoms in total. The van der Waals surface area contributed by atoms with E-state index in [0.29, 0.717) is 17.1 Å². The topological polar surface area (TPSA) is 62.3 Å². The second kappa shape index (κ2) is 6.29. The maximum atomic E-state index is 12.4. The summed E-state index contributed by atoms with van der Waals surface area (Å²) in [5.41, 5.74) is 3.40. The molecule has 25 heavy (non-hydrogen) atoms. The van der Waals surface area contributed by atoms with E-state index in [-0.39, 0.29) is 11.8 Å². The second-order valence-electron chi connectivity index (χ2n) is 6.09. The van der Waals surface area contributed by atoms with Gasteiger partial charge in [0.05, 0.1) is 10.2 Å². The van der Waals surface area contributed by atoms with Gasteiger partial charge in [0.15, 0.2) is 5.13 Å².